The smallest absolute Gasteiger partial charge is 0.265 e. The van der Waals surface area contributed by atoms with Crippen LogP contribution in [0.15, 0.2) is 35.6 Å². The minimum absolute atomic E-state index is 0.143. The van der Waals surface area contributed by atoms with Crippen LogP contribution < -0.4 is 4.72 Å². The SMILES string of the molecule is Cc1ccc(NS(=O)(=O)c2cnn(CF)c2)c2[nH]cc(C#N)c12. The summed E-state index contributed by atoms with van der Waals surface area (Å²) in [5.74, 6) is 0. The number of aromatic amines is 1. The van der Waals surface area contributed by atoms with Crippen LogP contribution in [0, 0.1) is 18.3 Å². The maximum absolute atomic E-state index is 12.5. The normalized spacial score (nSPS) is 11.5. The van der Waals surface area contributed by atoms with E-state index in [-0.39, 0.29) is 4.90 Å². The van der Waals surface area contributed by atoms with Crippen LogP contribution in [0.3, 0.4) is 0 Å². The number of benzene rings is 1. The second kappa shape index (κ2) is 5.40. The summed E-state index contributed by atoms with van der Waals surface area (Å²) in [6, 6.07) is 5.39. The van der Waals surface area contributed by atoms with E-state index in [0.29, 0.717) is 22.2 Å². The number of fused-ring (bicyclic) bond motifs is 1. The molecule has 9 heteroatoms. The van der Waals surface area contributed by atoms with E-state index in [4.69, 9.17) is 5.26 Å². The number of rotatable bonds is 4. The highest BCUT2D eigenvalue weighted by molar-refractivity contribution is 7.92. The number of halogens is 1. The highest BCUT2D eigenvalue weighted by Crippen LogP contribution is 2.29. The summed E-state index contributed by atoms with van der Waals surface area (Å²) in [6.07, 6.45) is 3.70. The van der Waals surface area contributed by atoms with E-state index in [0.717, 1.165) is 22.6 Å². The lowest BCUT2D eigenvalue weighted by molar-refractivity contribution is 0.349. The first-order valence-electron chi connectivity index (χ1n) is 6.58. The highest BCUT2D eigenvalue weighted by atomic mass is 32.2. The Morgan fingerprint density at radius 1 is 1.48 bits per heavy atom. The molecule has 2 aromatic heterocycles. The molecule has 0 saturated heterocycles. The number of aromatic nitrogens is 3. The number of sulfonamides is 1. The molecule has 0 aliphatic rings. The van der Waals surface area contributed by atoms with Gasteiger partial charge in [0.15, 0.2) is 6.80 Å². The molecular formula is C14H12FN5O2S. The van der Waals surface area contributed by atoms with E-state index in [1.54, 1.807) is 12.1 Å². The molecule has 0 fully saturated rings. The largest absolute Gasteiger partial charge is 0.358 e. The minimum atomic E-state index is -3.91. The standard InChI is InChI=1S/C14H12FN5O2S/c1-9-2-3-12(14-13(9)10(4-16)5-17-14)19-23(21,22)11-6-18-20(7-11)8-15/h2-3,5-7,17,19H,8H2,1H3. The predicted molar refractivity (Wildman–Crippen MR) is 81.9 cm³/mol. The van der Waals surface area contributed by atoms with Crippen molar-refractivity contribution in [1.29, 1.82) is 5.26 Å². The number of nitrogens with zero attached hydrogens (tertiary/aromatic N) is 3. The lowest BCUT2D eigenvalue weighted by Crippen LogP contribution is -2.12. The first-order chi connectivity index (χ1) is 11.0. The number of hydrogen-bond acceptors (Lipinski definition) is 4. The molecule has 3 aromatic rings. The third-order valence-electron chi connectivity index (χ3n) is 3.45. The van der Waals surface area contributed by atoms with E-state index in [2.05, 4.69) is 20.9 Å². The van der Waals surface area contributed by atoms with Gasteiger partial charge in [-0.25, -0.2) is 17.5 Å². The molecule has 1 aromatic carbocycles. The molecule has 0 atom stereocenters. The van der Waals surface area contributed by atoms with Gasteiger partial charge >= 0.3 is 0 Å². The Morgan fingerprint density at radius 3 is 2.91 bits per heavy atom. The topological polar surface area (TPSA) is 104 Å². The Kier molecular flexibility index (Phi) is 3.54. The quantitative estimate of drug-likeness (QED) is 0.764. The summed E-state index contributed by atoms with van der Waals surface area (Å²) < 4.78 is 40.5. The van der Waals surface area contributed by atoms with Crippen molar-refractivity contribution < 1.29 is 12.8 Å². The number of aryl methyl sites for hydroxylation is 1. The van der Waals surface area contributed by atoms with E-state index < -0.39 is 16.8 Å². The molecule has 0 amide bonds. The van der Waals surface area contributed by atoms with Crippen LogP contribution in [0.25, 0.3) is 10.9 Å². The molecule has 7 nitrogen and oxygen atoms in total. The Morgan fingerprint density at radius 2 is 2.26 bits per heavy atom. The molecule has 2 N–H and O–H groups in total. The van der Waals surface area contributed by atoms with Gasteiger partial charge in [0.2, 0.25) is 0 Å². The van der Waals surface area contributed by atoms with Crippen molar-refractivity contribution in [1.82, 2.24) is 14.8 Å². The van der Waals surface area contributed by atoms with Gasteiger partial charge in [0.1, 0.15) is 11.0 Å². The molecule has 0 bridgehead atoms. The number of alkyl halides is 1. The van der Waals surface area contributed by atoms with Gasteiger partial charge in [-0.3, -0.25) is 4.72 Å². The second-order valence-electron chi connectivity index (χ2n) is 4.93. The van der Waals surface area contributed by atoms with Gasteiger partial charge in [0, 0.05) is 17.8 Å². The summed E-state index contributed by atoms with van der Waals surface area (Å²) in [7, 11) is -3.91. The number of nitrogens with one attached hydrogen (secondary N) is 2. The maximum atomic E-state index is 12.5. The monoisotopic (exact) mass is 333 g/mol. The molecule has 0 radical (unpaired) electrons. The van der Waals surface area contributed by atoms with Gasteiger partial charge < -0.3 is 4.98 Å². The highest BCUT2D eigenvalue weighted by Gasteiger charge is 2.19. The summed E-state index contributed by atoms with van der Waals surface area (Å²) in [5, 5.41) is 13.4. The van der Waals surface area contributed by atoms with E-state index in [9.17, 15) is 12.8 Å². The third kappa shape index (κ3) is 2.53. The predicted octanol–water partition coefficient (Wildman–Crippen LogP) is 2.27. The average molecular weight is 333 g/mol. The molecule has 23 heavy (non-hydrogen) atoms. The molecule has 0 aliphatic carbocycles. The van der Waals surface area contributed by atoms with E-state index >= 15 is 0 Å². The van der Waals surface area contributed by atoms with Gasteiger partial charge in [-0.1, -0.05) is 6.07 Å². The fourth-order valence-electron chi connectivity index (χ4n) is 2.35. The number of anilines is 1. The first-order valence-corrected chi connectivity index (χ1v) is 8.06. The minimum Gasteiger partial charge on any atom is -0.358 e. The number of hydrogen-bond donors (Lipinski definition) is 2. The molecule has 2 heterocycles. The van der Waals surface area contributed by atoms with Crippen molar-refractivity contribution in [2.24, 2.45) is 0 Å². The maximum Gasteiger partial charge on any atom is 0.265 e. The lowest BCUT2D eigenvalue weighted by Gasteiger charge is -2.09. The van der Waals surface area contributed by atoms with Crippen LogP contribution >= 0.6 is 0 Å². The van der Waals surface area contributed by atoms with Gasteiger partial charge in [0.05, 0.1) is 23.0 Å². The summed E-state index contributed by atoms with van der Waals surface area (Å²) in [5.41, 5.74) is 2.11. The van der Waals surface area contributed by atoms with Crippen molar-refractivity contribution in [2.45, 2.75) is 18.6 Å². The van der Waals surface area contributed by atoms with Crippen LogP contribution in [-0.2, 0) is 16.8 Å². The van der Waals surface area contributed by atoms with Crippen LogP contribution in [0.1, 0.15) is 11.1 Å². The van der Waals surface area contributed by atoms with Gasteiger partial charge in [-0.2, -0.15) is 10.4 Å². The zero-order valence-electron chi connectivity index (χ0n) is 12.0. The zero-order chi connectivity index (χ0) is 16.6. The molecule has 0 unspecified atom stereocenters. The van der Waals surface area contributed by atoms with Crippen molar-refractivity contribution in [3.63, 3.8) is 0 Å². The number of nitriles is 1. The van der Waals surface area contributed by atoms with Gasteiger partial charge in [0.25, 0.3) is 10.0 Å². The van der Waals surface area contributed by atoms with Crippen molar-refractivity contribution >= 4 is 26.6 Å². The van der Waals surface area contributed by atoms with Crippen LogP contribution in [0.2, 0.25) is 0 Å². The second-order valence-corrected chi connectivity index (χ2v) is 6.62. The van der Waals surface area contributed by atoms with Crippen molar-refractivity contribution in [2.75, 3.05) is 4.72 Å². The van der Waals surface area contributed by atoms with Crippen LogP contribution in [-0.4, -0.2) is 23.2 Å². The fourth-order valence-corrected chi connectivity index (χ4v) is 3.37. The van der Waals surface area contributed by atoms with E-state index in [1.807, 2.05) is 6.92 Å². The Balaban J connectivity index is 2.06. The third-order valence-corrected chi connectivity index (χ3v) is 4.77. The Labute approximate surface area is 131 Å². The Hall–Kier alpha value is -2.86. The first kappa shape index (κ1) is 15.1. The average Bonchev–Trinajstić information content (AvgIpc) is 3.16. The molecule has 0 aliphatic heterocycles. The Bertz CT molecular complexity index is 1030. The van der Waals surface area contributed by atoms with Crippen LogP contribution in [0.4, 0.5) is 10.1 Å². The van der Waals surface area contributed by atoms with Crippen molar-refractivity contribution in [3.8, 4) is 6.07 Å². The van der Waals surface area contributed by atoms with E-state index in [1.165, 1.54) is 6.20 Å². The number of H-pyrrole nitrogens is 1. The zero-order valence-corrected chi connectivity index (χ0v) is 12.9. The summed E-state index contributed by atoms with van der Waals surface area (Å²) in [4.78, 5) is 2.77. The fraction of sp³-hybridized carbons (Fsp3) is 0.143. The molecule has 0 saturated carbocycles. The summed E-state index contributed by atoms with van der Waals surface area (Å²) in [6.45, 7) is 0.924. The summed E-state index contributed by atoms with van der Waals surface area (Å²) >= 11 is 0. The van der Waals surface area contributed by atoms with Gasteiger partial charge in [-0.15, -0.1) is 0 Å². The molecule has 3 rings (SSSR count). The molecule has 0 spiro atoms. The molecule has 118 valence electrons. The molecular weight excluding hydrogens is 321 g/mol. The van der Waals surface area contributed by atoms with Crippen molar-refractivity contribution in [3.05, 3.63) is 41.9 Å². The lowest BCUT2D eigenvalue weighted by atomic mass is 10.1. The van der Waals surface area contributed by atoms with Crippen LogP contribution in [0.5, 0.6) is 0 Å². The van der Waals surface area contributed by atoms with Gasteiger partial charge in [-0.05, 0) is 18.6 Å².